The number of rotatable bonds is 5. The Bertz CT molecular complexity index is 715. The summed E-state index contributed by atoms with van der Waals surface area (Å²) in [6.07, 6.45) is 0. The minimum Gasteiger partial charge on any atom is -0.496 e. The Morgan fingerprint density at radius 3 is 2.72 bits per heavy atom. The number of nitrogens with zero attached hydrogens (tertiary/aromatic N) is 1. The molecule has 1 aliphatic heterocycles. The molecule has 1 heterocycles. The number of carbonyl (C=O) groups excluding carboxylic acids is 1. The minimum atomic E-state index is -0.0565. The van der Waals surface area contributed by atoms with Gasteiger partial charge in [0.1, 0.15) is 11.5 Å². The first-order chi connectivity index (χ1) is 12.2. The number of nitrogens with one attached hydrogen (secondary N) is 1. The lowest BCUT2D eigenvalue weighted by atomic mass is 10.0. The van der Waals surface area contributed by atoms with Crippen molar-refractivity contribution in [3.63, 3.8) is 0 Å². The van der Waals surface area contributed by atoms with Gasteiger partial charge < -0.3 is 19.7 Å². The molecule has 1 unspecified atom stereocenters. The van der Waals surface area contributed by atoms with Crippen LogP contribution in [0.25, 0.3) is 0 Å². The summed E-state index contributed by atoms with van der Waals surface area (Å²) in [6.45, 7) is 4.19. The lowest BCUT2D eigenvalue weighted by Crippen LogP contribution is -2.50. The highest BCUT2D eigenvalue weighted by atomic mass is 16.5. The zero-order chi connectivity index (χ0) is 17.6. The second kappa shape index (κ2) is 8.03. The largest absolute Gasteiger partial charge is 0.496 e. The van der Waals surface area contributed by atoms with Crippen molar-refractivity contribution in [1.82, 2.24) is 10.2 Å². The van der Waals surface area contributed by atoms with Gasteiger partial charge in [0.15, 0.2) is 6.61 Å². The fourth-order valence-electron chi connectivity index (χ4n) is 3.08. The van der Waals surface area contributed by atoms with Gasteiger partial charge in [-0.05, 0) is 25.1 Å². The summed E-state index contributed by atoms with van der Waals surface area (Å²) in [5.41, 5.74) is 2.18. The van der Waals surface area contributed by atoms with Crippen molar-refractivity contribution in [1.29, 1.82) is 0 Å². The number of hydrogen-bond donors (Lipinski definition) is 1. The topological polar surface area (TPSA) is 50.8 Å². The van der Waals surface area contributed by atoms with Crippen LogP contribution in [0.3, 0.4) is 0 Å². The second-order valence-electron chi connectivity index (χ2n) is 6.15. The van der Waals surface area contributed by atoms with E-state index in [4.69, 9.17) is 9.47 Å². The molecule has 1 saturated heterocycles. The van der Waals surface area contributed by atoms with Crippen LogP contribution in [-0.2, 0) is 4.79 Å². The molecule has 0 radical (unpaired) electrons. The molecule has 0 aliphatic carbocycles. The molecular formula is C20H24N2O3. The Morgan fingerprint density at radius 2 is 1.96 bits per heavy atom. The predicted octanol–water partition coefficient (Wildman–Crippen LogP) is 2.56. The Kier molecular flexibility index (Phi) is 5.56. The minimum absolute atomic E-state index is 0.0158. The molecule has 2 aromatic rings. The first-order valence-electron chi connectivity index (χ1n) is 8.51. The number of hydrogen-bond acceptors (Lipinski definition) is 4. The van der Waals surface area contributed by atoms with E-state index in [-0.39, 0.29) is 18.6 Å². The Morgan fingerprint density at radius 1 is 1.20 bits per heavy atom. The normalized spacial score (nSPS) is 17.2. The highest BCUT2D eigenvalue weighted by Crippen LogP contribution is 2.30. The van der Waals surface area contributed by atoms with Gasteiger partial charge in [0.05, 0.1) is 13.2 Å². The maximum atomic E-state index is 12.8. The van der Waals surface area contributed by atoms with Crippen molar-refractivity contribution in [2.24, 2.45) is 0 Å². The van der Waals surface area contributed by atoms with Crippen molar-refractivity contribution in [3.05, 3.63) is 59.7 Å². The molecule has 5 heteroatoms. The molecule has 0 saturated carbocycles. The maximum Gasteiger partial charge on any atom is 0.261 e. The molecule has 2 aromatic carbocycles. The van der Waals surface area contributed by atoms with E-state index in [0.717, 1.165) is 23.4 Å². The van der Waals surface area contributed by atoms with E-state index in [1.54, 1.807) is 7.11 Å². The molecule has 0 bridgehead atoms. The van der Waals surface area contributed by atoms with Crippen LogP contribution in [0.1, 0.15) is 17.2 Å². The summed E-state index contributed by atoms with van der Waals surface area (Å²) in [6, 6.07) is 15.5. The smallest absolute Gasteiger partial charge is 0.261 e. The molecule has 1 aliphatic rings. The summed E-state index contributed by atoms with van der Waals surface area (Å²) >= 11 is 0. The number of ether oxygens (including phenoxy) is 2. The summed E-state index contributed by atoms with van der Waals surface area (Å²) in [4.78, 5) is 14.6. The van der Waals surface area contributed by atoms with Gasteiger partial charge in [-0.25, -0.2) is 0 Å². The van der Waals surface area contributed by atoms with Gasteiger partial charge in [-0.2, -0.15) is 0 Å². The first-order valence-corrected chi connectivity index (χ1v) is 8.51. The zero-order valence-corrected chi connectivity index (χ0v) is 14.7. The fourth-order valence-corrected chi connectivity index (χ4v) is 3.08. The van der Waals surface area contributed by atoms with Gasteiger partial charge in [-0.1, -0.05) is 35.9 Å². The van der Waals surface area contributed by atoms with Crippen LogP contribution < -0.4 is 14.8 Å². The maximum absolute atomic E-state index is 12.8. The van der Waals surface area contributed by atoms with E-state index >= 15 is 0 Å². The molecule has 5 nitrogen and oxygen atoms in total. The quantitative estimate of drug-likeness (QED) is 0.909. The molecule has 0 aromatic heterocycles. The van der Waals surface area contributed by atoms with Crippen LogP contribution in [0.5, 0.6) is 11.5 Å². The van der Waals surface area contributed by atoms with Crippen molar-refractivity contribution < 1.29 is 14.3 Å². The number of aryl methyl sites for hydroxylation is 1. The Labute approximate surface area is 148 Å². The monoisotopic (exact) mass is 340 g/mol. The van der Waals surface area contributed by atoms with Gasteiger partial charge in [0.2, 0.25) is 0 Å². The van der Waals surface area contributed by atoms with Crippen LogP contribution >= 0.6 is 0 Å². The second-order valence-corrected chi connectivity index (χ2v) is 6.15. The molecule has 3 rings (SSSR count). The Hall–Kier alpha value is -2.53. The molecule has 1 fully saturated rings. The number of amides is 1. The highest BCUT2D eigenvalue weighted by molar-refractivity contribution is 5.78. The zero-order valence-electron chi connectivity index (χ0n) is 14.7. The van der Waals surface area contributed by atoms with Gasteiger partial charge >= 0.3 is 0 Å². The van der Waals surface area contributed by atoms with Crippen molar-refractivity contribution in [3.8, 4) is 11.5 Å². The standard InChI is InChI=1S/C20H24N2O3/c1-15-7-9-16(10-8-15)25-14-20(23)22-12-11-21-13-18(22)17-5-3-4-6-19(17)24-2/h3-10,18,21H,11-14H2,1-2H3. The van der Waals surface area contributed by atoms with Crippen LogP contribution in [-0.4, -0.2) is 44.2 Å². The van der Waals surface area contributed by atoms with E-state index in [0.29, 0.717) is 18.8 Å². The summed E-state index contributed by atoms with van der Waals surface area (Å²) in [7, 11) is 1.65. The van der Waals surface area contributed by atoms with Crippen LogP contribution in [0.15, 0.2) is 48.5 Å². The van der Waals surface area contributed by atoms with Crippen molar-refractivity contribution in [2.45, 2.75) is 13.0 Å². The third-order valence-electron chi connectivity index (χ3n) is 4.44. The van der Waals surface area contributed by atoms with E-state index in [1.807, 2.05) is 60.4 Å². The molecular weight excluding hydrogens is 316 g/mol. The van der Waals surface area contributed by atoms with E-state index in [1.165, 1.54) is 0 Å². The van der Waals surface area contributed by atoms with Gasteiger partial charge in [-0.15, -0.1) is 0 Å². The molecule has 25 heavy (non-hydrogen) atoms. The van der Waals surface area contributed by atoms with Crippen molar-refractivity contribution in [2.75, 3.05) is 33.4 Å². The number of benzene rings is 2. The SMILES string of the molecule is COc1ccccc1C1CNCCN1C(=O)COc1ccc(C)cc1. The number of carbonyl (C=O) groups is 1. The lowest BCUT2D eigenvalue weighted by molar-refractivity contribution is -0.136. The molecule has 1 amide bonds. The number of piperazine rings is 1. The summed E-state index contributed by atoms with van der Waals surface area (Å²) < 4.78 is 11.1. The van der Waals surface area contributed by atoms with E-state index < -0.39 is 0 Å². The third kappa shape index (κ3) is 4.12. The van der Waals surface area contributed by atoms with E-state index in [9.17, 15) is 4.79 Å². The number of methoxy groups -OCH3 is 1. The molecule has 0 spiro atoms. The predicted molar refractivity (Wildman–Crippen MR) is 97.0 cm³/mol. The fraction of sp³-hybridized carbons (Fsp3) is 0.350. The average molecular weight is 340 g/mol. The Balaban J connectivity index is 1.71. The van der Waals surface area contributed by atoms with Crippen molar-refractivity contribution >= 4 is 5.91 Å². The van der Waals surface area contributed by atoms with Crippen LogP contribution in [0.4, 0.5) is 0 Å². The van der Waals surface area contributed by atoms with Gasteiger partial charge in [0.25, 0.3) is 5.91 Å². The summed E-state index contributed by atoms with van der Waals surface area (Å²) in [5, 5.41) is 3.36. The average Bonchev–Trinajstić information content (AvgIpc) is 2.67. The lowest BCUT2D eigenvalue weighted by Gasteiger charge is -2.37. The van der Waals surface area contributed by atoms with Crippen LogP contribution in [0.2, 0.25) is 0 Å². The third-order valence-corrected chi connectivity index (χ3v) is 4.44. The molecule has 1 atom stereocenters. The van der Waals surface area contributed by atoms with Gasteiger partial charge in [0, 0.05) is 25.2 Å². The molecule has 132 valence electrons. The van der Waals surface area contributed by atoms with Gasteiger partial charge in [-0.3, -0.25) is 4.79 Å². The van der Waals surface area contributed by atoms with Crippen LogP contribution in [0, 0.1) is 6.92 Å². The first kappa shape index (κ1) is 17.3. The molecule has 1 N–H and O–H groups in total. The highest BCUT2D eigenvalue weighted by Gasteiger charge is 2.29. The number of para-hydroxylation sites is 1. The van der Waals surface area contributed by atoms with E-state index in [2.05, 4.69) is 5.32 Å². The summed E-state index contributed by atoms with van der Waals surface area (Å²) in [5.74, 6) is 1.49.